The molecule has 2 N–H and O–H groups in total. The van der Waals surface area contributed by atoms with Gasteiger partial charge < -0.3 is 5.11 Å². The highest BCUT2D eigenvalue weighted by molar-refractivity contribution is 7.92. The number of aliphatic hydroxyl groups is 1. The molecule has 0 saturated heterocycles. The fourth-order valence-corrected chi connectivity index (χ4v) is 2.93. The molecule has 0 fully saturated rings. The molecule has 0 spiro atoms. The fraction of sp³-hybridized carbons (Fsp3) is 0.143. The number of nitrogens with one attached hydrogen (secondary N) is 1. The molecule has 0 aliphatic rings. The Balaban J connectivity index is 2.29. The average molecular weight is 330 g/mol. The molecular formula is C14H13ClFNO3S. The first-order valence-corrected chi connectivity index (χ1v) is 7.91. The van der Waals surface area contributed by atoms with Crippen molar-refractivity contribution < 1.29 is 17.9 Å². The predicted molar refractivity (Wildman–Crippen MR) is 79.3 cm³/mol. The van der Waals surface area contributed by atoms with Crippen LogP contribution < -0.4 is 4.72 Å². The van der Waals surface area contributed by atoms with Gasteiger partial charge in [-0.05, 0) is 42.8 Å². The van der Waals surface area contributed by atoms with Gasteiger partial charge in [0.2, 0.25) is 0 Å². The lowest BCUT2D eigenvalue weighted by Crippen LogP contribution is -2.14. The SMILES string of the molecule is CC(O)c1ccc(S(=O)(=O)Nc2ccc(Cl)cc2F)cc1. The molecule has 0 heterocycles. The zero-order chi connectivity index (χ0) is 15.6. The molecule has 0 radical (unpaired) electrons. The minimum Gasteiger partial charge on any atom is -0.389 e. The van der Waals surface area contributed by atoms with Crippen molar-refractivity contribution in [1.82, 2.24) is 0 Å². The highest BCUT2D eigenvalue weighted by atomic mass is 35.5. The van der Waals surface area contributed by atoms with Crippen LogP contribution in [0.2, 0.25) is 5.02 Å². The Labute approximate surface area is 127 Å². The minimum absolute atomic E-state index is 0.0266. The van der Waals surface area contributed by atoms with Crippen LogP contribution in [0.15, 0.2) is 47.4 Å². The van der Waals surface area contributed by atoms with Crippen LogP contribution in [-0.2, 0) is 10.0 Å². The number of hydrogen-bond donors (Lipinski definition) is 2. The summed E-state index contributed by atoms with van der Waals surface area (Å²) in [5, 5.41) is 9.57. The summed E-state index contributed by atoms with van der Waals surface area (Å²) >= 11 is 5.61. The number of hydrogen-bond acceptors (Lipinski definition) is 3. The van der Waals surface area contributed by atoms with Crippen molar-refractivity contribution in [3.05, 3.63) is 58.9 Å². The summed E-state index contributed by atoms with van der Waals surface area (Å²) in [5.41, 5.74) is 0.408. The molecule has 1 unspecified atom stereocenters. The molecule has 7 heteroatoms. The van der Waals surface area contributed by atoms with Crippen molar-refractivity contribution >= 4 is 27.3 Å². The van der Waals surface area contributed by atoms with Crippen molar-refractivity contribution in [2.45, 2.75) is 17.9 Å². The minimum atomic E-state index is -3.91. The highest BCUT2D eigenvalue weighted by Crippen LogP contribution is 2.23. The summed E-state index contributed by atoms with van der Waals surface area (Å²) < 4.78 is 40.1. The van der Waals surface area contributed by atoms with Gasteiger partial charge in [0, 0.05) is 5.02 Å². The third-order valence-electron chi connectivity index (χ3n) is 2.85. The van der Waals surface area contributed by atoms with Gasteiger partial charge in [-0.1, -0.05) is 23.7 Å². The van der Waals surface area contributed by atoms with Gasteiger partial charge >= 0.3 is 0 Å². The number of sulfonamides is 1. The van der Waals surface area contributed by atoms with Crippen LogP contribution in [0.1, 0.15) is 18.6 Å². The molecule has 0 bridgehead atoms. The summed E-state index contributed by atoms with van der Waals surface area (Å²) in [5.74, 6) is -0.758. The molecule has 0 aliphatic heterocycles. The van der Waals surface area contributed by atoms with E-state index in [0.29, 0.717) is 5.56 Å². The van der Waals surface area contributed by atoms with E-state index in [4.69, 9.17) is 11.6 Å². The molecular weight excluding hydrogens is 317 g/mol. The van der Waals surface area contributed by atoms with E-state index in [1.54, 1.807) is 6.92 Å². The van der Waals surface area contributed by atoms with Crippen LogP contribution in [0.5, 0.6) is 0 Å². The van der Waals surface area contributed by atoms with Crippen LogP contribution in [-0.4, -0.2) is 13.5 Å². The first-order valence-electron chi connectivity index (χ1n) is 6.05. The zero-order valence-corrected chi connectivity index (χ0v) is 12.6. The van der Waals surface area contributed by atoms with Crippen molar-refractivity contribution in [3.8, 4) is 0 Å². The second-order valence-electron chi connectivity index (χ2n) is 4.47. The van der Waals surface area contributed by atoms with E-state index in [1.165, 1.54) is 36.4 Å². The Kier molecular flexibility index (Phi) is 4.51. The number of aliphatic hydroxyl groups excluding tert-OH is 1. The van der Waals surface area contributed by atoms with Crippen molar-refractivity contribution in [2.24, 2.45) is 0 Å². The lowest BCUT2D eigenvalue weighted by Gasteiger charge is -2.10. The second-order valence-corrected chi connectivity index (χ2v) is 6.59. The third kappa shape index (κ3) is 3.72. The average Bonchev–Trinajstić information content (AvgIpc) is 2.42. The topological polar surface area (TPSA) is 66.4 Å². The molecule has 4 nitrogen and oxygen atoms in total. The Hall–Kier alpha value is -1.63. The summed E-state index contributed by atoms with van der Waals surface area (Å²) in [7, 11) is -3.91. The van der Waals surface area contributed by atoms with Gasteiger partial charge in [0.1, 0.15) is 5.82 Å². The molecule has 0 aromatic heterocycles. The van der Waals surface area contributed by atoms with Crippen LogP contribution in [0.3, 0.4) is 0 Å². The van der Waals surface area contributed by atoms with E-state index >= 15 is 0 Å². The van der Waals surface area contributed by atoms with Gasteiger partial charge in [-0.2, -0.15) is 0 Å². The first-order chi connectivity index (χ1) is 9.79. The monoisotopic (exact) mass is 329 g/mol. The zero-order valence-electron chi connectivity index (χ0n) is 11.0. The van der Waals surface area contributed by atoms with Crippen molar-refractivity contribution in [1.29, 1.82) is 0 Å². The van der Waals surface area contributed by atoms with Gasteiger partial charge in [-0.15, -0.1) is 0 Å². The maximum Gasteiger partial charge on any atom is 0.261 e. The Morgan fingerprint density at radius 2 is 1.81 bits per heavy atom. The first kappa shape index (κ1) is 15.8. The molecule has 0 amide bonds. The maximum absolute atomic E-state index is 13.6. The molecule has 2 rings (SSSR count). The van der Waals surface area contributed by atoms with Crippen LogP contribution in [0.4, 0.5) is 10.1 Å². The number of halogens is 2. The van der Waals surface area contributed by atoms with Crippen LogP contribution >= 0.6 is 11.6 Å². The van der Waals surface area contributed by atoms with E-state index in [1.807, 2.05) is 0 Å². The molecule has 112 valence electrons. The highest BCUT2D eigenvalue weighted by Gasteiger charge is 2.16. The van der Waals surface area contributed by atoms with Crippen LogP contribution in [0, 0.1) is 5.82 Å². The Morgan fingerprint density at radius 3 is 2.33 bits per heavy atom. The van der Waals surface area contributed by atoms with Gasteiger partial charge in [0.25, 0.3) is 10.0 Å². The summed E-state index contributed by atoms with van der Waals surface area (Å²) in [6.45, 7) is 1.57. The number of rotatable bonds is 4. The van der Waals surface area contributed by atoms with E-state index in [0.717, 1.165) is 6.07 Å². The normalized spacial score (nSPS) is 13.0. The number of benzene rings is 2. The molecule has 0 aliphatic carbocycles. The molecule has 0 saturated carbocycles. The van der Waals surface area contributed by atoms with Crippen molar-refractivity contribution in [3.63, 3.8) is 0 Å². The summed E-state index contributed by atoms with van der Waals surface area (Å²) in [4.78, 5) is -0.0266. The predicted octanol–water partition coefficient (Wildman–Crippen LogP) is 3.33. The molecule has 2 aromatic carbocycles. The molecule has 21 heavy (non-hydrogen) atoms. The van der Waals surface area contributed by atoms with E-state index in [2.05, 4.69) is 4.72 Å². The summed E-state index contributed by atoms with van der Waals surface area (Å²) in [6.07, 6.45) is -0.691. The van der Waals surface area contributed by atoms with Gasteiger partial charge in [-0.3, -0.25) is 4.72 Å². The maximum atomic E-state index is 13.6. The standard InChI is InChI=1S/C14H13ClFNO3S/c1-9(18)10-2-5-12(6-3-10)21(19,20)17-14-7-4-11(15)8-13(14)16/h2-9,17-18H,1H3. The molecule has 2 aromatic rings. The van der Waals surface area contributed by atoms with E-state index in [-0.39, 0.29) is 15.6 Å². The smallest absolute Gasteiger partial charge is 0.261 e. The van der Waals surface area contributed by atoms with E-state index in [9.17, 15) is 17.9 Å². The van der Waals surface area contributed by atoms with Crippen LogP contribution in [0.25, 0.3) is 0 Å². The Bertz CT molecular complexity index is 745. The lowest BCUT2D eigenvalue weighted by atomic mass is 10.1. The van der Waals surface area contributed by atoms with Crippen molar-refractivity contribution in [2.75, 3.05) is 4.72 Å². The largest absolute Gasteiger partial charge is 0.389 e. The van der Waals surface area contributed by atoms with E-state index < -0.39 is 21.9 Å². The molecule has 1 atom stereocenters. The van der Waals surface area contributed by atoms with Gasteiger partial charge in [0.05, 0.1) is 16.7 Å². The van der Waals surface area contributed by atoms with Gasteiger partial charge in [0.15, 0.2) is 0 Å². The third-order valence-corrected chi connectivity index (χ3v) is 4.46. The van der Waals surface area contributed by atoms with Gasteiger partial charge in [-0.25, -0.2) is 12.8 Å². The second kappa shape index (κ2) is 6.01. The summed E-state index contributed by atoms with van der Waals surface area (Å²) in [6, 6.07) is 9.35. The fourth-order valence-electron chi connectivity index (χ4n) is 1.70. The number of anilines is 1. The lowest BCUT2D eigenvalue weighted by molar-refractivity contribution is 0.199. The quantitative estimate of drug-likeness (QED) is 0.904. The Morgan fingerprint density at radius 1 is 1.19 bits per heavy atom.